The molecular formula is C28H26ClN3O6. The van der Waals surface area contributed by atoms with Gasteiger partial charge in [0, 0.05) is 17.3 Å². The van der Waals surface area contributed by atoms with Crippen LogP contribution in [0.15, 0.2) is 65.3 Å². The molecule has 0 fully saturated rings. The summed E-state index contributed by atoms with van der Waals surface area (Å²) in [5.41, 5.74) is 3.07. The van der Waals surface area contributed by atoms with E-state index in [-0.39, 0.29) is 28.1 Å². The average Bonchev–Trinajstić information content (AvgIpc) is 3.12. The number of anilines is 3. The van der Waals surface area contributed by atoms with Crippen molar-refractivity contribution in [2.45, 2.75) is 13.8 Å². The molecule has 3 amide bonds. The van der Waals surface area contributed by atoms with Gasteiger partial charge in [-0.3, -0.25) is 14.4 Å². The van der Waals surface area contributed by atoms with Crippen molar-refractivity contribution < 1.29 is 28.6 Å². The summed E-state index contributed by atoms with van der Waals surface area (Å²) < 4.78 is 15.9. The third-order valence-corrected chi connectivity index (χ3v) is 6.37. The normalized spacial score (nSPS) is 13.1. The van der Waals surface area contributed by atoms with Gasteiger partial charge < -0.3 is 24.8 Å². The van der Waals surface area contributed by atoms with Gasteiger partial charge in [-0.15, -0.1) is 0 Å². The summed E-state index contributed by atoms with van der Waals surface area (Å²) in [5.74, 6) is -0.469. The molecule has 2 N–H and O–H groups in total. The Balaban J connectivity index is 1.61. The molecule has 0 unspecified atom stereocenters. The van der Waals surface area contributed by atoms with Gasteiger partial charge in [0.05, 0.1) is 32.7 Å². The van der Waals surface area contributed by atoms with Crippen molar-refractivity contribution in [3.8, 4) is 17.2 Å². The Hall–Kier alpha value is -4.50. The first kappa shape index (κ1) is 26.6. The van der Waals surface area contributed by atoms with Gasteiger partial charge in [0.2, 0.25) is 0 Å². The first-order valence-electron chi connectivity index (χ1n) is 11.5. The maximum atomic E-state index is 13.3. The molecule has 3 aromatic carbocycles. The molecule has 0 saturated heterocycles. The predicted molar refractivity (Wildman–Crippen MR) is 145 cm³/mol. The van der Waals surface area contributed by atoms with Crippen molar-refractivity contribution in [1.29, 1.82) is 0 Å². The van der Waals surface area contributed by atoms with Gasteiger partial charge in [0.15, 0.2) is 0 Å². The van der Waals surface area contributed by atoms with E-state index < -0.39 is 11.8 Å². The van der Waals surface area contributed by atoms with E-state index in [1.165, 1.54) is 27.4 Å². The minimum Gasteiger partial charge on any atom is -0.497 e. The first-order chi connectivity index (χ1) is 18.2. The number of rotatable bonds is 8. The lowest BCUT2D eigenvalue weighted by Crippen LogP contribution is -2.32. The SMILES string of the molecule is COc1ccc(N2C(=O)C(Cl)=C(Nc3cc(C(=O)Nc4cc(C)ccc4OC)ccc3C)C2=O)c(OC)c1. The van der Waals surface area contributed by atoms with E-state index in [4.69, 9.17) is 25.8 Å². The molecule has 1 heterocycles. The number of methoxy groups -OCH3 is 3. The number of carbonyl (C=O) groups excluding carboxylic acids is 3. The number of carbonyl (C=O) groups is 3. The zero-order valence-corrected chi connectivity index (χ0v) is 22.2. The predicted octanol–water partition coefficient (Wildman–Crippen LogP) is 5.02. The van der Waals surface area contributed by atoms with Crippen LogP contribution in [0.5, 0.6) is 17.2 Å². The Morgan fingerprint density at radius 2 is 1.55 bits per heavy atom. The molecule has 196 valence electrons. The fourth-order valence-electron chi connectivity index (χ4n) is 3.95. The zero-order chi connectivity index (χ0) is 27.6. The van der Waals surface area contributed by atoms with Gasteiger partial charge in [-0.05, 0) is 61.4 Å². The lowest BCUT2D eigenvalue weighted by molar-refractivity contribution is -0.120. The number of amides is 3. The highest BCUT2D eigenvalue weighted by atomic mass is 35.5. The zero-order valence-electron chi connectivity index (χ0n) is 21.5. The molecule has 0 radical (unpaired) electrons. The number of nitrogens with zero attached hydrogens (tertiary/aromatic N) is 1. The summed E-state index contributed by atoms with van der Waals surface area (Å²) in [6.07, 6.45) is 0. The number of ether oxygens (including phenoxy) is 3. The van der Waals surface area contributed by atoms with Crippen LogP contribution in [0.2, 0.25) is 0 Å². The molecule has 4 rings (SSSR count). The largest absolute Gasteiger partial charge is 0.497 e. The van der Waals surface area contributed by atoms with Crippen LogP contribution < -0.4 is 29.7 Å². The second kappa shape index (κ2) is 10.9. The van der Waals surface area contributed by atoms with Gasteiger partial charge in [0.25, 0.3) is 17.7 Å². The molecule has 0 aliphatic carbocycles. The van der Waals surface area contributed by atoms with Crippen LogP contribution in [0.1, 0.15) is 21.5 Å². The molecule has 0 aromatic heterocycles. The maximum absolute atomic E-state index is 13.3. The summed E-state index contributed by atoms with van der Waals surface area (Å²) in [6, 6.07) is 15.1. The number of aryl methyl sites for hydroxylation is 2. The second-order valence-electron chi connectivity index (χ2n) is 8.49. The van der Waals surface area contributed by atoms with Crippen LogP contribution >= 0.6 is 11.6 Å². The number of hydrogen-bond acceptors (Lipinski definition) is 7. The van der Waals surface area contributed by atoms with Crippen molar-refractivity contribution >= 4 is 46.4 Å². The van der Waals surface area contributed by atoms with E-state index in [0.29, 0.717) is 28.4 Å². The minimum atomic E-state index is -0.708. The lowest BCUT2D eigenvalue weighted by atomic mass is 10.1. The molecule has 1 aliphatic heterocycles. The van der Waals surface area contributed by atoms with E-state index in [1.807, 2.05) is 13.0 Å². The fourth-order valence-corrected chi connectivity index (χ4v) is 4.16. The summed E-state index contributed by atoms with van der Waals surface area (Å²) in [5, 5.41) is 5.52. The molecule has 38 heavy (non-hydrogen) atoms. The molecule has 0 spiro atoms. The van der Waals surface area contributed by atoms with Crippen LogP contribution in [0.4, 0.5) is 17.1 Å². The highest BCUT2D eigenvalue weighted by molar-refractivity contribution is 6.53. The summed E-state index contributed by atoms with van der Waals surface area (Å²) in [7, 11) is 4.44. The Morgan fingerprint density at radius 3 is 2.24 bits per heavy atom. The van der Waals surface area contributed by atoms with Gasteiger partial charge in [-0.2, -0.15) is 0 Å². The molecular weight excluding hydrogens is 510 g/mol. The van der Waals surface area contributed by atoms with E-state index in [0.717, 1.165) is 16.0 Å². The lowest BCUT2D eigenvalue weighted by Gasteiger charge is -2.19. The van der Waals surface area contributed by atoms with Crippen molar-refractivity contribution in [3.05, 3.63) is 82.0 Å². The molecule has 0 atom stereocenters. The highest BCUT2D eigenvalue weighted by Crippen LogP contribution is 2.38. The summed E-state index contributed by atoms with van der Waals surface area (Å²) >= 11 is 6.33. The smallest absolute Gasteiger partial charge is 0.283 e. The molecule has 0 bridgehead atoms. The number of benzene rings is 3. The Morgan fingerprint density at radius 1 is 0.816 bits per heavy atom. The van der Waals surface area contributed by atoms with E-state index in [1.54, 1.807) is 49.4 Å². The van der Waals surface area contributed by atoms with E-state index in [9.17, 15) is 14.4 Å². The fraction of sp³-hybridized carbons (Fsp3) is 0.179. The van der Waals surface area contributed by atoms with Gasteiger partial charge in [-0.1, -0.05) is 23.7 Å². The Kier molecular flexibility index (Phi) is 7.59. The second-order valence-corrected chi connectivity index (χ2v) is 8.86. The van der Waals surface area contributed by atoms with Crippen LogP contribution in [0.25, 0.3) is 0 Å². The van der Waals surface area contributed by atoms with Gasteiger partial charge >= 0.3 is 0 Å². The topological polar surface area (TPSA) is 106 Å². The Labute approximate surface area is 224 Å². The van der Waals surface area contributed by atoms with Crippen molar-refractivity contribution in [2.75, 3.05) is 36.9 Å². The summed E-state index contributed by atoms with van der Waals surface area (Å²) in [6.45, 7) is 3.71. The quantitative estimate of drug-likeness (QED) is 0.390. The number of imide groups is 1. The van der Waals surface area contributed by atoms with Crippen LogP contribution in [-0.4, -0.2) is 39.1 Å². The van der Waals surface area contributed by atoms with E-state index >= 15 is 0 Å². The average molecular weight is 536 g/mol. The van der Waals surface area contributed by atoms with Crippen molar-refractivity contribution in [1.82, 2.24) is 0 Å². The molecule has 10 heteroatoms. The Bertz CT molecular complexity index is 1480. The third kappa shape index (κ3) is 5.01. The number of nitrogens with one attached hydrogen (secondary N) is 2. The maximum Gasteiger partial charge on any atom is 0.283 e. The minimum absolute atomic E-state index is 0.115. The number of halogens is 1. The first-order valence-corrected chi connectivity index (χ1v) is 11.9. The monoisotopic (exact) mass is 535 g/mol. The van der Waals surface area contributed by atoms with Crippen LogP contribution in [0.3, 0.4) is 0 Å². The molecule has 3 aromatic rings. The van der Waals surface area contributed by atoms with Crippen molar-refractivity contribution in [2.24, 2.45) is 0 Å². The van der Waals surface area contributed by atoms with E-state index in [2.05, 4.69) is 10.6 Å². The number of hydrogen-bond donors (Lipinski definition) is 2. The molecule has 0 saturated carbocycles. The van der Waals surface area contributed by atoms with Crippen molar-refractivity contribution in [3.63, 3.8) is 0 Å². The van der Waals surface area contributed by atoms with Crippen LogP contribution in [0, 0.1) is 13.8 Å². The molecule has 1 aliphatic rings. The third-order valence-electron chi connectivity index (χ3n) is 6.02. The van der Waals surface area contributed by atoms with Gasteiger partial charge in [-0.25, -0.2) is 4.90 Å². The summed E-state index contributed by atoms with van der Waals surface area (Å²) in [4.78, 5) is 40.3. The van der Waals surface area contributed by atoms with Crippen LogP contribution in [-0.2, 0) is 9.59 Å². The molecule has 9 nitrogen and oxygen atoms in total. The van der Waals surface area contributed by atoms with Gasteiger partial charge in [0.1, 0.15) is 28.0 Å². The highest BCUT2D eigenvalue weighted by Gasteiger charge is 2.40. The standard InChI is InChI=1S/C28H26ClN3O6/c1-15-6-11-22(37-4)20(12-15)31-26(33)17-8-7-16(2)19(13-17)30-25-24(29)27(34)32(28(25)35)21-10-9-18(36-3)14-23(21)38-5/h6-14,30H,1-5H3,(H,31,33).